The molecule has 1 aliphatic carbocycles. The highest BCUT2D eigenvalue weighted by Gasteiger charge is 2.39. The first kappa shape index (κ1) is 11.0. The van der Waals surface area contributed by atoms with Crippen LogP contribution in [0.15, 0.2) is 18.6 Å². The molecule has 1 amide bonds. The summed E-state index contributed by atoms with van der Waals surface area (Å²) in [5.74, 6) is 0.0173. The summed E-state index contributed by atoms with van der Waals surface area (Å²) < 4.78 is 0. The molecule has 1 aromatic rings. The topological polar surface area (TPSA) is 75.1 Å². The summed E-state index contributed by atoms with van der Waals surface area (Å²) in [6.45, 7) is 2.01. The lowest BCUT2D eigenvalue weighted by molar-refractivity contribution is 0.0353. The van der Waals surface area contributed by atoms with E-state index in [1.165, 1.54) is 18.6 Å². The molecule has 1 saturated carbocycles. The van der Waals surface area contributed by atoms with E-state index in [0.717, 1.165) is 12.8 Å². The number of aromatic nitrogens is 2. The third kappa shape index (κ3) is 2.55. The minimum absolute atomic E-state index is 0.257. The normalized spacial score (nSPS) is 18.9. The number of nitrogens with zero attached hydrogens (tertiary/aromatic N) is 2. The zero-order valence-corrected chi connectivity index (χ0v) is 9.18. The molecule has 1 fully saturated rings. The van der Waals surface area contributed by atoms with Crippen LogP contribution in [0.2, 0.25) is 0 Å². The van der Waals surface area contributed by atoms with E-state index in [9.17, 15) is 9.90 Å². The molecule has 2 N–H and O–H groups in total. The second-order valence-corrected chi connectivity index (χ2v) is 4.40. The van der Waals surface area contributed by atoms with Crippen LogP contribution in [0.25, 0.3) is 0 Å². The van der Waals surface area contributed by atoms with E-state index >= 15 is 0 Å². The quantitative estimate of drug-likeness (QED) is 0.770. The lowest BCUT2D eigenvalue weighted by Crippen LogP contribution is -2.42. The maximum Gasteiger partial charge on any atom is 0.271 e. The molecule has 5 heteroatoms. The van der Waals surface area contributed by atoms with Gasteiger partial charge in [-0.3, -0.25) is 9.78 Å². The predicted molar refractivity (Wildman–Crippen MR) is 57.7 cm³/mol. The van der Waals surface area contributed by atoms with Crippen molar-refractivity contribution in [2.75, 3.05) is 6.54 Å². The van der Waals surface area contributed by atoms with Crippen molar-refractivity contribution >= 4 is 5.91 Å². The molecule has 0 saturated heterocycles. The van der Waals surface area contributed by atoms with Crippen LogP contribution in [-0.4, -0.2) is 33.1 Å². The second kappa shape index (κ2) is 4.17. The summed E-state index contributed by atoms with van der Waals surface area (Å²) in [4.78, 5) is 19.3. The molecule has 0 bridgehead atoms. The number of aliphatic hydroxyl groups is 1. The van der Waals surface area contributed by atoms with E-state index in [2.05, 4.69) is 15.3 Å². The Morgan fingerprint density at radius 3 is 2.94 bits per heavy atom. The van der Waals surface area contributed by atoms with E-state index in [1.54, 1.807) is 6.92 Å². The molecule has 5 nitrogen and oxygen atoms in total. The molecule has 1 aromatic heterocycles. The van der Waals surface area contributed by atoms with Crippen LogP contribution in [0.1, 0.15) is 30.3 Å². The van der Waals surface area contributed by atoms with Crippen molar-refractivity contribution in [1.82, 2.24) is 15.3 Å². The van der Waals surface area contributed by atoms with Crippen molar-refractivity contribution in [1.29, 1.82) is 0 Å². The fourth-order valence-corrected chi connectivity index (χ4v) is 1.62. The number of nitrogens with one attached hydrogen (secondary N) is 1. The Labute approximate surface area is 93.9 Å². The van der Waals surface area contributed by atoms with Gasteiger partial charge < -0.3 is 10.4 Å². The van der Waals surface area contributed by atoms with E-state index in [1.807, 2.05) is 0 Å². The van der Waals surface area contributed by atoms with Gasteiger partial charge in [0.05, 0.1) is 11.8 Å². The Balaban J connectivity index is 1.88. The fraction of sp³-hybridized carbons (Fsp3) is 0.545. The first-order valence-electron chi connectivity index (χ1n) is 5.36. The Bertz CT molecular complexity index is 374. The molecule has 2 rings (SSSR count). The van der Waals surface area contributed by atoms with Gasteiger partial charge in [0.1, 0.15) is 5.69 Å². The Morgan fingerprint density at radius 1 is 1.62 bits per heavy atom. The molecule has 1 aliphatic rings. The zero-order chi connectivity index (χ0) is 11.6. The number of rotatable bonds is 4. The standard InChI is InChI=1S/C11H15N3O2/c1-11(16,8-2-3-8)7-14-10(15)9-6-12-4-5-13-9/h4-6,8,16H,2-3,7H2,1H3,(H,14,15)/t11-/m1/s1. The number of carbonyl (C=O) groups is 1. The van der Waals surface area contributed by atoms with Gasteiger partial charge in [-0.25, -0.2) is 4.98 Å². The van der Waals surface area contributed by atoms with Crippen LogP contribution in [0, 0.1) is 5.92 Å². The number of hydrogen-bond acceptors (Lipinski definition) is 4. The molecule has 1 atom stereocenters. The van der Waals surface area contributed by atoms with Crippen LogP contribution >= 0.6 is 0 Å². The minimum Gasteiger partial charge on any atom is -0.388 e. The summed E-state index contributed by atoms with van der Waals surface area (Å²) in [7, 11) is 0. The molecular formula is C11H15N3O2. The van der Waals surface area contributed by atoms with Gasteiger partial charge in [-0.05, 0) is 25.7 Å². The minimum atomic E-state index is -0.808. The lowest BCUT2D eigenvalue weighted by atomic mass is 10.0. The van der Waals surface area contributed by atoms with Crippen LogP contribution in [-0.2, 0) is 0 Å². The van der Waals surface area contributed by atoms with Gasteiger partial charge in [0, 0.05) is 18.9 Å². The van der Waals surface area contributed by atoms with Crippen molar-refractivity contribution in [2.45, 2.75) is 25.4 Å². The van der Waals surface area contributed by atoms with Crippen LogP contribution in [0.4, 0.5) is 0 Å². The van der Waals surface area contributed by atoms with Gasteiger partial charge in [0.2, 0.25) is 0 Å². The van der Waals surface area contributed by atoms with Gasteiger partial charge >= 0.3 is 0 Å². The summed E-state index contributed by atoms with van der Waals surface area (Å²) in [5, 5.41) is 12.7. The van der Waals surface area contributed by atoms with E-state index in [0.29, 0.717) is 5.92 Å². The maximum atomic E-state index is 11.6. The van der Waals surface area contributed by atoms with Crippen LogP contribution in [0.3, 0.4) is 0 Å². The van der Waals surface area contributed by atoms with Gasteiger partial charge in [-0.15, -0.1) is 0 Å². The SMILES string of the molecule is C[C@@](O)(CNC(=O)c1cnccn1)C1CC1. The Hall–Kier alpha value is -1.49. The fourth-order valence-electron chi connectivity index (χ4n) is 1.62. The molecule has 0 unspecified atom stereocenters. The molecule has 0 radical (unpaired) electrons. The third-order valence-electron chi connectivity index (χ3n) is 2.86. The Kier molecular flexibility index (Phi) is 2.87. The van der Waals surface area contributed by atoms with E-state index in [4.69, 9.17) is 0 Å². The summed E-state index contributed by atoms with van der Waals surface area (Å²) in [6.07, 6.45) is 6.45. The van der Waals surface area contributed by atoms with Crippen molar-refractivity contribution in [3.63, 3.8) is 0 Å². The Morgan fingerprint density at radius 2 is 2.38 bits per heavy atom. The molecule has 16 heavy (non-hydrogen) atoms. The molecule has 0 spiro atoms. The van der Waals surface area contributed by atoms with Crippen molar-refractivity contribution in [3.8, 4) is 0 Å². The molecule has 0 aliphatic heterocycles. The smallest absolute Gasteiger partial charge is 0.271 e. The number of amides is 1. The maximum absolute atomic E-state index is 11.6. The van der Waals surface area contributed by atoms with Crippen LogP contribution in [0.5, 0.6) is 0 Å². The highest BCUT2D eigenvalue weighted by Crippen LogP contribution is 2.38. The summed E-state index contributed by atoms with van der Waals surface area (Å²) in [6, 6.07) is 0. The predicted octanol–water partition coefficient (Wildman–Crippen LogP) is 0.367. The van der Waals surface area contributed by atoms with Crippen molar-refractivity contribution < 1.29 is 9.90 Å². The number of hydrogen-bond donors (Lipinski definition) is 2. The first-order chi connectivity index (χ1) is 7.59. The second-order valence-electron chi connectivity index (χ2n) is 4.40. The summed E-state index contributed by atoms with van der Waals surface area (Å²) in [5.41, 5.74) is -0.535. The molecular weight excluding hydrogens is 206 g/mol. The molecule has 0 aromatic carbocycles. The first-order valence-corrected chi connectivity index (χ1v) is 5.36. The highest BCUT2D eigenvalue weighted by atomic mass is 16.3. The lowest BCUT2D eigenvalue weighted by Gasteiger charge is -2.22. The monoisotopic (exact) mass is 221 g/mol. The third-order valence-corrected chi connectivity index (χ3v) is 2.86. The summed E-state index contributed by atoms with van der Waals surface area (Å²) >= 11 is 0. The zero-order valence-electron chi connectivity index (χ0n) is 9.18. The van der Waals surface area contributed by atoms with E-state index < -0.39 is 5.60 Å². The van der Waals surface area contributed by atoms with Gasteiger partial charge in [-0.1, -0.05) is 0 Å². The number of carbonyl (C=O) groups excluding carboxylic acids is 1. The molecule has 1 heterocycles. The average Bonchev–Trinajstić information content (AvgIpc) is 3.11. The van der Waals surface area contributed by atoms with Crippen LogP contribution < -0.4 is 5.32 Å². The highest BCUT2D eigenvalue weighted by molar-refractivity contribution is 5.91. The van der Waals surface area contributed by atoms with Gasteiger partial charge in [0.15, 0.2) is 0 Å². The van der Waals surface area contributed by atoms with Crippen molar-refractivity contribution in [2.24, 2.45) is 5.92 Å². The molecule has 86 valence electrons. The average molecular weight is 221 g/mol. The van der Waals surface area contributed by atoms with Crippen molar-refractivity contribution in [3.05, 3.63) is 24.3 Å². The van der Waals surface area contributed by atoms with Gasteiger partial charge in [-0.2, -0.15) is 0 Å². The largest absolute Gasteiger partial charge is 0.388 e. The van der Waals surface area contributed by atoms with Gasteiger partial charge in [0.25, 0.3) is 5.91 Å². The van der Waals surface area contributed by atoms with E-state index in [-0.39, 0.29) is 18.1 Å².